The van der Waals surface area contributed by atoms with E-state index in [0.29, 0.717) is 6.42 Å². The van der Waals surface area contributed by atoms with Gasteiger partial charge in [0.25, 0.3) is 5.56 Å². The van der Waals surface area contributed by atoms with Gasteiger partial charge < -0.3 is 9.67 Å². The van der Waals surface area contributed by atoms with Gasteiger partial charge in [-0.3, -0.25) is 4.79 Å². The van der Waals surface area contributed by atoms with Crippen LogP contribution in [0.5, 0.6) is 0 Å². The summed E-state index contributed by atoms with van der Waals surface area (Å²) < 4.78 is 26.1. The molecule has 6 heteroatoms. The molecule has 2 atom stereocenters. The van der Waals surface area contributed by atoms with E-state index in [4.69, 9.17) is 0 Å². The van der Waals surface area contributed by atoms with Crippen molar-refractivity contribution in [3.63, 3.8) is 0 Å². The Labute approximate surface area is 125 Å². The van der Waals surface area contributed by atoms with E-state index >= 15 is 0 Å². The predicted octanol–water partition coefficient (Wildman–Crippen LogP) is 1.24. The third-order valence-electron chi connectivity index (χ3n) is 4.46. The summed E-state index contributed by atoms with van der Waals surface area (Å²) in [4.78, 5) is 11.9. The van der Waals surface area contributed by atoms with E-state index in [1.54, 1.807) is 19.3 Å². The first-order valence-corrected chi connectivity index (χ1v) is 9.13. The summed E-state index contributed by atoms with van der Waals surface area (Å²) >= 11 is 0. The van der Waals surface area contributed by atoms with Crippen LogP contribution in [0.2, 0.25) is 0 Å². The van der Waals surface area contributed by atoms with Crippen LogP contribution < -0.4 is 5.56 Å². The number of aliphatic hydroxyl groups is 1. The molecule has 1 aromatic rings. The van der Waals surface area contributed by atoms with E-state index in [1.807, 2.05) is 6.92 Å². The summed E-state index contributed by atoms with van der Waals surface area (Å²) in [6.07, 6.45) is 4.83. The number of nitrogens with zero attached hydrogens (tertiary/aromatic N) is 1. The predicted molar refractivity (Wildman–Crippen MR) is 81.8 cm³/mol. The SMILES string of the molecule is CC1CCCCC1(O)CS(=O)(=O)Cc1cccn(C)c1=O. The Morgan fingerprint density at radius 2 is 2.14 bits per heavy atom. The molecule has 0 radical (unpaired) electrons. The number of rotatable bonds is 4. The van der Waals surface area contributed by atoms with Crippen molar-refractivity contribution in [3.8, 4) is 0 Å². The second-order valence-corrected chi connectivity index (χ2v) is 8.30. The Hall–Kier alpha value is -1.14. The standard InChI is InChI=1S/C15H23NO4S/c1-12-6-3-4-8-15(12,18)11-21(19,20)10-13-7-5-9-16(2)14(13)17/h5,7,9,12,18H,3-4,6,8,10-11H2,1-2H3. The number of hydrogen-bond acceptors (Lipinski definition) is 4. The smallest absolute Gasteiger partial charge is 0.254 e. The Morgan fingerprint density at radius 1 is 1.43 bits per heavy atom. The number of sulfone groups is 1. The van der Waals surface area contributed by atoms with Crippen LogP contribution in [0.1, 0.15) is 38.2 Å². The molecule has 2 rings (SSSR count). The summed E-state index contributed by atoms with van der Waals surface area (Å²) in [5.74, 6) is -0.603. The van der Waals surface area contributed by atoms with E-state index in [0.717, 1.165) is 19.3 Å². The molecule has 1 saturated carbocycles. The second-order valence-electron chi connectivity index (χ2n) is 6.23. The van der Waals surface area contributed by atoms with Crippen LogP contribution in [0.25, 0.3) is 0 Å². The minimum absolute atomic E-state index is 0.0281. The lowest BCUT2D eigenvalue weighted by molar-refractivity contribution is -0.0207. The van der Waals surface area contributed by atoms with Crippen LogP contribution in [0.15, 0.2) is 23.1 Å². The van der Waals surface area contributed by atoms with E-state index in [-0.39, 0.29) is 28.5 Å². The van der Waals surface area contributed by atoms with Gasteiger partial charge in [-0.15, -0.1) is 0 Å². The van der Waals surface area contributed by atoms with Crippen LogP contribution in [-0.4, -0.2) is 29.4 Å². The van der Waals surface area contributed by atoms with Crippen molar-refractivity contribution in [2.24, 2.45) is 13.0 Å². The highest BCUT2D eigenvalue weighted by molar-refractivity contribution is 7.90. The van der Waals surface area contributed by atoms with Gasteiger partial charge >= 0.3 is 0 Å². The summed E-state index contributed by atoms with van der Waals surface area (Å²) in [6, 6.07) is 3.19. The summed E-state index contributed by atoms with van der Waals surface area (Å²) in [5.41, 5.74) is -1.20. The zero-order valence-corrected chi connectivity index (χ0v) is 13.4. The molecule has 1 aliphatic carbocycles. The van der Waals surface area contributed by atoms with Gasteiger partial charge in [0.1, 0.15) is 0 Å². The molecule has 5 nitrogen and oxygen atoms in total. The summed E-state index contributed by atoms with van der Waals surface area (Å²) in [5, 5.41) is 10.6. The first-order valence-electron chi connectivity index (χ1n) is 7.31. The Balaban J connectivity index is 2.19. The molecule has 0 bridgehead atoms. The van der Waals surface area contributed by atoms with Crippen molar-refractivity contribution >= 4 is 9.84 Å². The molecule has 1 fully saturated rings. The molecule has 0 spiro atoms. The van der Waals surface area contributed by atoms with E-state index in [1.165, 1.54) is 10.6 Å². The van der Waals surface area contributed by atoms with Crippen molar-refractivity contribution in [2.45, 2.75) is 44.0 Å². The molecule has 0 saturated heterocycles. The number of pyridine rings is 1. The largest absolute Gasteiger partial charge is 0.389 e. The minimum Gasteiger partial charge on any atom is -0.389 e. The van der Waals surface area contributed by atoms with E-state index in [2.05, 4.69) is 0 Å². The topological polar surface area (TPSA) is 76.4 Å². The molecule has 118 valence electrons. The normalized spacial score (nSPS) is 26.7. The quantitative estimate of drug-likeness (QED) is 0.907. The molecule has 1 N–H and O–H groups in total. The monoisotopic (exact) mass is 313 g/mol. The van der Waals surface area contributed by atoms with Gasteiger partial charge in [-0.2, -0.15) is 0 Å². The van der Waals surface area contributed by atoms with Gasteiger partial charge in [0.2, 0.25) is 0 Å². The first-order chi connectivity index (χ1) is 9.73. The minimum atomic E-state index is -3.53. The maximum Gasteiger partial charge on any atom is 0.254 e. The summed E-state index contributed by atoms with van der Waals surface area (Å²) in [6.45, 7) is 1.90. The van der Waals surface area contributed by atoms with Gasteiger partial charge in [-0.1, -0.05) is 25.8 Å². The van der Waals surface area contributed by atoms with Gasteiger partial charge in [-0.25, -0.2) is 8.42 Å². The molecule has 21 heavy (non-hydrogen) atoms. The number of aromatic nitrogens is 1. The Morgan fingerprint density at radius 3 is 2.81 bits per heavy atom. The molecule has 1 aliphatic rings. The molecule has 0 aliphatic heterocycles. The zero-order valence-electron chi connectivity index (χ0n) is 12.6. The van der Waals surface area contributed by atoms with Crippen molar-refractivity contribution in [1.29, 1.82) is 0 Å². The fourth-order valence-electron chi connectivity index (χ4n) is 3.04. The Kier molecular flexibility index (Phi) is 4.58. The van der Waals surface area contributed by atoms with Gasteiger partial charge in [0, 0.05) is 18.8 Å². The highest BCUT2D eigenvalue weighted by atomic mass is 32.2. The lowest BCUT2D eigenvalue weighted by Gasteiger charge is -2.37. The average molecular weight is 313 g/mol. The fraction of sp³-hybridized carbons (Fsp3) is 0.667. The van der Waals surface area contributed by atoms with Gasteiger partial charge in [-0.05, 0) is 24.8 Å². The second kappa shape index (κ2) is 5.93. The molecule has 0 aromatic carbocycles. The first kappa shape index (κ1) is 16.2. The molecular weight excluding hydrogens is 290 g/mol. The Bertz CT molecular complexity index is 664. The zero-order chi connectivity index (χ0) is 15.7. The molecular formula is C15H23NO4S. The molecule has 1 aromatic heterocycles. The molecule has 0 amide bonds. The van der Waals surface area contributed by atoms with Crippen molar-refractivity contribution < 1.29 is 13.5 Å². The van der Waals surface area contributed by atoms with Crippen molar-refractivity contribution in [2.75, 3.05) is 5.75 Å². The van der Waals surface area contributed by atoms with Crippen molar-refractivity contribution in [1.82, 2.24) is 4.57 Å². The number of hydrogen-bond donors (Lipinski definition) is 1. The fourth-order valence-corrected chi connectivity index (χ4v) is 5.03. The van der Waals surface area contributed by atoms with Crippen LogP contribution in [0.3, 0.4) is 0 Å². The van der Waals surface area contributed by atoms with Gasteiger partial charge in [0.05, 0.1) is 17.1 Å². The van der Waals surface area contributed by atoms with E-state index < -0.39 is 15.4 Å². The third kappa shape index (κ3) is 3.74. The van der Waals surface area contributed by atoms with Crippen LogP contribution in [0, 0.1) is 5.92 Å². The number of aryl methyl sites for hydroxylation is 1. The molecule has 1 heterocycles. The van der Waals surface area contributed by atoms with Crippen LogP contribution in [-0.2, 0) is 22.6 Å². The van der Waals surface area contributed by atoms with Gasteiger partial charge in [0.15, 0.2) is 9.84 Å². The molecule has 2 unspecified atom stereocenters. The maximum absolute atomic E-state index is 12.4. The third-order valence-corrected chi connectivity index (χ3v) is 6.15. The lowest BCUT2D eigenvalue weighted by Crippen LogP contribution is -2.45. The highest BCUT2D eigenvalue weighted by Gasteiger charge is 2.40. The lowest BCUT2D eigenvalue weighted by atomic mass is 9.78. The highest BCUT2D eigenvalue weighted by Crippen LogP contribution is 2.34. The van der Waals surface area contributed by atoms with Crippen LogP contribution in [0.4, 0.5) is 0 Å². The maximum atomic E-state index is 12.4. The van der Waals surface area contributed by atoms with Crippen molar-refractivity contribution in [3.05, 3.63) is 34.2 Å². The van der Waals surface area contributed by atoms with Crippen LogP contribution >= 0.6 is 0 Å². The summed E-state index contributed by atoms with van der Waals surface area (Å²) in [7, 11) is -1.94. The van der Waals surface area contributed by atoms with E-state index in [9.17, 15) is 18.3 Å². The average Bonchev–Trinajstić information content (AvgIpc) is 2.38.